The number of hydrogen-bond donors (Lipinski definition) is 1. The van der Waals surface area contributed by atoms with Crippen molar-refractivity contribution in [3.8, 4) is 0 Å². The Balaban J connectivity index is 1.55. The van der Waals surface area contributed by atoms with Crippen LogP contribution >= 0.6 is 27.7 Å². The van der Waals surface area contributed by atoms with Crippen LogP contribution in [0.5, 0.6) is 0 Å². The van der Waals surface area contributed by atoms with E-state index in [1.807, 2.05) is 12.3 Å². The number of halogens is 1. The molecule has 2 aliphatic carbocycles. The van der Waals surface area contributed by atoms with Crippen molar-refractivity contribution in [2.75, 3.05) is 6.26 Å². The molecule has 8 nitrogen and oxygen atoms in total. The van der Waals surface area contributed by atoms with Gasteiger partial charge in [0, 0.05) is 28.3 Å². The van der Waals surface area contributed by atoms with Gasteiger partial charge in [-0.15, -0.1) is 22.0 Å². The number of azo groups is 1. The van der Waals surface area contributed by atoms with Crippen molar-refractivity contribution in [2.24, 2.45) is 21.1 Å². The fourth-order valence-corrected chi connectivity index (χ4v) is 4.72. The number of benzene rings is 1. The number of nitrogens with zero attached hydrogens (tertiary/aromatic N) is 4. The number of rotatable bonds is 8. The summed E-state index contributed by atoms with van der Waals surface area (Å²) in [6.45, 7) is 0. The Morgan fingerprint density at radius 2 is 2.00 bits per heavy atom. The minimum atomic E-state index is -1.28. The van der Waals surface area contributed by atoms with Gasteiger partial charge in [-0.05, 0) is 55.7 Å². The van der Waals surface area contributed by atoms with E-state index in [0.717, 1.165) is 36.0 Å². The molecule has 1 N–H and O–H groups in total. The van der Waals surface area contributed by atoms with Crippen LogP contribution in [0.4, 0.5) is 0 Å². The Morgan fingerprint density at radius 1 is 1.26 bits per heavy atom. The van der Waals surface area contributed by atoms with Crippen LogP contribution in [0, 0.1) is 5.92 Å². The van der Waals surface area contributed by atoms with Crippen LogP contribution in [0.15, 0.2) is 42.4 Å². The van der Waals surface area contributed by atoms with Gasteiger partial charge in [-0.25, -0.2) is 9.79 Å². The van der Waals surface area contributed by atoms with Crippen LogP contribution in [-0.4, -0.2) is 39.1 Å². The third-order valence-electron chi connectivity index (χ3n) is 5.70. The molecule has 2 saturated carbocycles. The molecule has 2 heterocycles. The average molecular weight is 503 g/mol. The molecule has 0 radical (unpaired) electrons. The van der Waals surface area contributed by atoms with E-state index in [-0.39, 0.29) is 17.2 Å². The quantitative estimate of drug-likeness (QED) is 0.503. The molecular weight excluding hydrogens is 484 g/mol. The second-order valence-corrected chi connectivity index (χ2v) is 10.0. The van der Waals surface area contributed by atoms with Gasteiger partial charge in [-0.1, -0.05) is 21.1 Å². The topological polar surface area (TPSA) is 117 Å². The first-order chi connectivity index (χ1) is 14.9. The molecule has 2 aromatic rings. The van der Waals surface area contributed by atoms with E-state index in [1.54, 1.807) is 12.1 Å². The number of hydrogen-bond acceptors (Lipinski definition) is 8. The Kier molecular flexibility index (Phi) is 5.09. The summed E-state index contributed by atoms with van der Waals surface area (Å²) in [6, 6.07) is 5.32. The normalized spacial score (nSPS) is 22.6. The Labute approximate surface area is 190 Å². The highest BCUT2D eigenvalue weighted by Crippen LogP contribution is 2.44. The van der Waals surface area contributed by atoms with Crippen molar-refractivity contribution in [1.82, 2.24) is 5.16 Å². The van der Waals surface area contributed by atoms with Crippen molar-refractivity contribution in [3.63, 3.8) is 0 Å². The fourth-order valence-electron chi connectivity index (χ4n) is 3.71. The summed E-state index contributed by atoms with van der Waals surface area (Å²) in [6.07, 6.45) is 6.16. The highest BCUT2D eigenvalue weighted by atomic mass is 79.9. The minimum absolute atomic E-state index is 0.0466. The van der Waals surface area contributed by atoms with E-state index < -0.39 is 16.7 Å². The third-order valence-corrected chi connectivity index (χ3v) is 7.16. The molecule has 1 unspecified atom stereocenters. The van der Waals surface area contributed by atoms with Crippen LogP contribution in [-0.2, 0) is 6.42 Å². The van der Waals surface area contributed by atoms with Gasteiger partial charge >= 0.3 is 5.97 Å². The molecule has 0 amide bonds. The molecule has 0 saturated heterocycles. The highest BCUT2D eigenvalue weighted by molar-refractivity contribution is 9.10. The summed E-state index contributed by atoms with van der Waals surface area (Å²) in [4.78, 5) is 29.3. The number of thioether (sulfide) groups is 1. The van der Waals surface area contributed by atoms with Crippen molar-refractivity contribution in [1.29, 1.82) is 0 Å². The Bertz CT molecular complexity index is 1150. The molecule has 1 aromatic heterocycles. The average Bonchev–Trinajstić information content (AvgIpc) is 3.68. The largest absolute Gasteiger partial charge is 0.476 e. The van der Waals surface area contributed by atoms with Crippen LogP contribution in [0.25, 0.3) is 0 Å². The first kappa shape index (κ1) is 20.6. The summed E-state index contributed by atoms with van der Waals surface area (Å²) >= 11 is 4.95. The maximum Gasteiger partial charge on any atom is 0.358 e. The zero-order chi connectivity index (χ0) is 21.8. The van der Waals surface area contributed by atoms with Crippen molar-refractivity contribution in [2.45, 2.75) is 43.0 Å². The van der Waals surface area contributed by atoms with Gasteiger partial charge in [0.25, 0.3) is 0 Å². The molecule has 0 spiro atoms. The van der Waals surface area contributed by atoms with E-state index in [9.17, 15) is 14.7 Å². The number of aliphatic imine (C=N–C) groups is 1. The van der Waals surface area contributed by atoms with Gasteiger partial charge < -0.3 is 9.63 Å². The summed E-state index contributed by atoms with van der Waals surface area (Å²) < 4.78 is 6.10. The molecule has 160 valence electrons. The summed E-state index contributed by atoms with van der Waals surface area (Å²) in [5, 5.41) is 22.0. The maximum absolute atomic E-state index is 13.6. The van der Waals surface area contributed by atoms with Crippen LogP contribution < -0.4 is 0 Å². The smallest absolute Gasteiger partial charge is 0.358 e. The van der Waals surface area contributed by atoms with Gasteiger partial charge in [0.2, 0.25) is 10.7 Å². The number of amidine groups is 1. The number of carbonyl (C=O) groups is 2. The minimum Gasteiger partial charge on any atom is -0.476 e. The lowest BCUT2D eigenvalue weighted by molar-refractivity contribution is 0.0682. The fraction of sp³-hybridized carbons (Fsp3) is 0.429. The first-order valence-electron chi connectivity index (χ1n) is 10.0. The number of aromatic carboxylic acids is 1. The van der Waals surface area contributed by atoms with Gasteiger partial charge in [-0.2, -0.15) is 0 Å². The second-order valence-electron chi connectivity index (χ2n) is 8.05. The second kappa shape index (κ2) is 7.67. The SMILES string of the molecule is CSC1(Cc2cc(Br)ccc2C(=O)c2c(C(=O)O)noc2C2CC2)N=NC(C2CC2)=N1. The zero-order valence-corrected chi connectivity index (χ0v) is 19.1. The van der Waals surface area contributed by atoms with Crippen LogP contribution in [0.3, 0.4) is 0 Å². The number of carbonyl (C=O) groups excluding carboxylic acids is 1. The van der Waals surface area contributed by atoms with Crippen molar-refractivity contribution >= 4 is 45.3 Å². The van der Waals surface area contributed by atoms with E-state index in [0.29, 0.717) is 29.2 Å². The number of ketones is 1. The predicted molar refractivity (Wildman–Crippen MR) is 118 cm³/mol. The standard InChI is InChI=1S/C21H19BrN4O4S/c1-31-21(23-19(24-26-21)11-4-5-11)9-12-8-13(22)6-7-14(12)17(27)15-16(20(28)29)25-30-18(15)10-2-3-10/h6-8,10-11H,2-5,9H2,1H3,(H,28,29). The Morgan fingerprint density at radius 3 is 2.65 bits per heavy atom. The molecule has 31 heavy (non-hydrogen) atoms. The van der Waals surface area contributed by atoms with E-state index >= 15 is 0 Å². The summed E-state index contributed by atoms with van der Waals surface area (Å²) in [7, 11) is 0. The van der Waals surface area contributed by atoms with Crippen molar-refractivity contribution < 1.29 is 19.2 Å². The molecule has 2 fully saturated rings. The van der Waals surface area contributed by atoms with Gasteiger partial charge in [-0.3, -0.25) is 4.79 Å². The lowest BCUT2D eigenvalue weighted by atomic mass is 9.94. The molecule has 5 rings (SSSR count). The van der Waals surface area contributed by atoms with Gasteiger partial charge in [0.15, 0.2) is 17.4 Å². The summed E-state index contributed by atoms with van der Waals surface area (Å²) in [5.74, 6) is -0.101. The Hall–Kier alpha value is -2.33. The number of carboxylic acids is 1. The maximum atomic E-state index is 13.6. The monoisotopic (exact) mass is 502 g/mol. The van der Waals surface area contributed by atoms with E-state index in [1.165, 1.54) is 11.8 Å². The number of carboxylic acid groups (broad SMARTS) is 1. The molecule has 3 aliphatic rings. The van der Waals surface area contributed by atoms with Crippen molar-refractivity contribution in [3.05, 3.63) is 50.8 Å². The van der Waals surface area contributed by atoms with Gasteiger partial charge in [0.1, 0.15) is 5.56 Å². The zero-order valence-electron chi connectivity index (χ0n) is 16.7. The van der Waals surface area contributed by atoms with Gasteiger partial charge in [0.05, 0.1) is 0 Å². The molecular formula is C21H19BrN4O4S. The lowest BCUT2D eigenvalue weighted by Crippen LogP contribution is -2.22. The summed E-state index contributed by atoms with van der Waals surface area (Å²) in [5.41, 5.74) is 0.823. The van der Waals surface area contributed by atoms with Crippen LogP contribution in [0.2, 0.25) is 0 Å². The molecule has 1 aliphatic heterocycles. The lowest BCUT2D eigenvalue weighted by Gasteiger charge is -2.20. The first-order valence-corrected chi connectivity index (χ1v) is 12.1. The molecule has 10 heteroatoms. The van der Waals surface area contributed by atoms with E-state index in [2.05, 4.69) is 31.3 Å². The predicted octanol–water partition coefficient (Wildman–Crippen LogP) is 5.08. The molecule has 1 atom stereocenters. The highest BCUT2D eigenvalue weighted by Gasteiger charge is 2.41. The third kappa shape index (κ3) is 3.87. The van der Waals surface area contributed by atoms with E-state index in [4.69, 9.17) is 9.52 Å². The molecule has 0 bridgehead atoms. The number of aromatic nitrogens is 1. The molecule has 1 aromatic carbocycles. The van der Waals surface area contributed by atoms with Crippen LogP contribution in [0.1, 0.15) is 69.3 Å².